The predicted molar refractivity (Wildman–Crippen MR) is 85.9 cm³/mol. The van der Waals surface area contributed by atoms with Crippen molar-refractivity contribution in [3.8, 4) is 0 Å². The second-order valence-electron chi connectivity index (χ2n) is 4.66. The Morgan fingerprint density at radius 2 is 1.80 bits per heavy atom. The molecule has 2 rings (SSSR count). The number of carbonyl (C=O) groups excluding carboxylic acids is 1. The van der Waals surface area contributed by atoms with Crippen LogP contribution in [0.4, 0.5) is 5.69 Å². The largest absolute Gasteiger partial charge is 0.352 e. The summed E-state index contributed by atoms with van der Waals surface area (Å²) in [6, 6.07) is 7.24. The van der Waals surface area contributed by atoms with E-state index in [9.17, 15) is 4.79 Å². The van der Waals surface area contributed by atoms with E-state index in [-0.39, 0.29) is 18.2 Å². The summed E-state index contributed by atoms with van der Waals surface area (Å²) in [6.07, 6.45) is 3.47. The lowest BCUT2D eigenvalue weighted by molar-refractivity contribution is -0.111. The third-order valence-electron chi connectivity index (χ3n) is 3.11. The van der Waals surface area contributed by atoms with Gasteiger partial charge >= 0.3 is 0 Å². The number of piperidine rings is 1. The molecule has 0 spiro atoms. The maximum Gasteiger partial charge on any atom is 0.196 e. The number of nitrogens with one attached hydrogen (secondary N) is 1. The molecule has 1 saturated heterocycles. The minimum Gasteiger partial charge on any atom is -0.352 e. The van der Waals surface area contributed by atoms with Crippen LogP contribution in [0.2, 0.25) is 5.02 Å². The Morgan fingerprint density at radius 1 is 1.20 bits per heavy atom. The summed E-state index contributed by atoms with van der Waals surface area (Å²) in [5, 5.41) is 4.92. The number of likely N-dealkylation sites (tertiary alicyclic amines) is 1. The maximum atomic E-state index is 11.7. The van der Waals surface area contributed by atoms with Gasteiger partial charge in [0.05, 0.1) is 5.69 Å². The quantitative estimate of drug-likeness (QED) is 0.527. The van der Waals surface area contributed by atoms with E-state index in [0.717, 1.165) is 31.6 Å². The molecule has 0 unspecified atom stereocenters. The predicted octanol–water partition coefficient (Wildman–Crippen LogP) is 3.56. The van der Waals surface area contributed by atoms with Crippen molar-refractivity contribution in [3.05, 3.63) is 29.3 Å². The van der Waals surface area contributed by atoms with Crippen molar-refractivity contribution in [2.45, 2.75) is 26.2 Å². The van der Waals surface area contributed by atoms with Crippen LogP contribution in [0.5, 0.6) is 0 Å². The van der Waals surface area contributed by atoms with E-state index in [0.29, 0.717) is 10.9 Å². The number of Topliss-reactive ketones (excluding diaryl/α,β-unsaturated/α-hetero) is 1. The molecule has 0 aliphatic carbocycles. The first-order valence-corrected chi connectivity index (χ1v) is 6.90. The van der Waals surface area contributed by atoms with Gasteiger partial charge in [-0.15, -0.1) is 12.4 Å². The van der Waals surface area contributed by atoms with Crippen LogP contribution < -0.4 is 5.43 Å². The highest BCUT2D eigenvalue weighted by atomic mass is 35.5. The normalized spacial score (nSPS) is 15.5. The summed E-state index contributed by atoms with van der Waals surface area (Å²) in [4.78, 5) is 13.7. The van der Waals surface area contributed by atoms with E-state index in [1.165, 1.54) is 6.42 Å². The summed E-state index contributed by atoms with van der Waals surface area (Å²) in [6.45, 7) is 3.36. The first kappa shape index (κ1) is 16.8. The molecule has 1 heterocycles. The zero-order chi connectivity index (χ0) is 13.7. The fourth-order valence-electron chi connectivity index (χ4n) is 2.12. The summed E-state index contributed by atoms with van der Waals surface area (Å²) < 4.78 is 0. The number of nitrogens with zero attached hydrogens (tertiary/aromatic N) is 2. The average Bonchev–Trinajstić information content (AvgIpc) is 2.42. The SMILES string of the molecule is CC(=O)C(=NNc1ccc(Cl)cc1)N1CCCCC1.Cl. The van der Waals surface area contributed by atoms with Crippen molar-refractivity contribution in [3.63, 3.8) is 0 Å². The van der Waals surface area contributed by atoms with E-state index < -0.39 is 0 Å². The molecule has 0 amide bonds. The maximum absolute atomic E-state index is 11.7. The standard InChI is InChI=1S/C14H18ClN3O.ClH/c1-11(19)14(18-9-3-2-4-10-18)17-16-13-7-5-12(15)6-8-13;/h5-8,16H,2-4,9-10H2,1H3;1H. The number of benzene rings is 1. The molecule has 0 aromatic heterocycles. The highest BCUT2D eigenvalue weighted by Crippen LogP contribution is 2.14. The van der Waals surface area contributed by atoms with Crippen molar-refractivity contribution < 1.29 is 4.79 Å². The summed E-state index contributed by atoms with van der Waals surface area (Å²) in [7, 11) is 0. The molecule has 20 heavy (non-hydrogen) atoms. The molecule has 0 radical (unpaired) electrons. The minimum atomic E-state index is -0.0108. The molecule has 1 N–H and O–H groups in total. The minimum absolute atomic E-state index is 0. The van der Waals surface area contributed by atoms with E-state index in [4.69, 9.17) is 11.6 Å². The Bertz CT molecular complexity index is 468. The van der Waals surface area contributed by atoms with Gasteiger partial charge in [-0.05, 0) is 43.5 Å². The Labute approximate surface area is 130 Å². The van der Waals surface area contributed by atoms with E-state index in [1.54, 1.807) is 19.1 Å². The second-order valence-corrected chi connectivity index (χ2v) is 5.09. The first-order valence-electron chi connectivity index (χ1n) is 6.52. The molecular formula is C14H19Cl2N3O. The zero-order valence-corrected chi connectivity index (χ0v) is 13.0. The molecule has 1 aliphatic heterocycles. The number of anilines is 1. The second kappa shape index (κ2) is 8.12. The van der Waals surface area contributed by atoms with Gasteiger partial charge < -0.3 is 4.90 Å². The van der Waals surface area contributed by atoms with Gasteiger partial charge in [0.15, 0.2) is 11.6 Å². The fraction of sp³-hybridized carbons (Fsp3) is 0.429. The number of hydrogen-bond acceptors (Lipinski definition) is 3. The van der Waals surface area contributed by atoms with Gasteiger partial charge in [0.25, 0.3) is 0 Å². The van der Waals surface area contributed by atoms with Gasteiger partial charge in [-0.3, -0.25) is 10.2 Å². The molecule has 0 bridgehead atoms. The third-order valence-corrected chi connectivity index (χ3v) is 3.36. The van der Waals surface area contributed by atoms with Crippen LogP contribution in [-0.4, -0.2) is 29.6 Å². The van der Waals surface area contributed by atoms with E-state index >= 15 is 0 Å². The van der Waals surface area contributed by atoms with Crippen LogP contribution in [0.25, 0.3) is 0 Å². The number of hydrogen-bond donors (Lipinski definition) is 1. The Morgan fingerprint density at radius 3 is 2.35 bits per heavy atom. The first-order chi connectivity index (χ1) is 9.16. The van der Waals surface area contributed by atoms with Crippen LogP contribution >= 0.6 is 24.0 Å². The lowest BCUT2D eigenvalue weighted by Gasteiger charge is -2.28. The molecule has 1 aliphatic rings. The van der Waals surface area contributed by atoms with Gasteiger partial charge in [-0.2, -0.15) is 5.10 Å². The van der Waals surface area contributed by atoms with Gasteiger partial charge in [-0.25, -0.2) is 0 Å². The van der Waals surface area contributed by atoms with E-state index in [1.807, 2.05) is 12.1 Å². The number of amidine groups is 1. The molecule has 110 valence electrons. The van der Waals surface area contributed by atoms with Crippen molar-refractivity contribution in [2.24, 2.45) is 5.10 Å². The average molecular weight is 316 g/mol. The Kier molecular flexibility index (Phi) is 6.82. The Hall–Kier alpha value is -1.26. The molecule has 0 atom stereocenters. The molecule has 6 heteroatoms. The summed E-state index contributed by atoms with van der Waals surface area (Å²) in [5.41, 5.74) is 3.74. The molecule has 1 aromatic rings. The molecule has 0 saturated carbocycles. The van der Waals surface area contributed by atoms with Crippen LogP contribution in [0.3, 0.4) is 0 Å². The van der Waals surface area contributed by atoms with Gasteiger partial charge in [-0.1, -0.05) is 11.6 Å². The lowest BCUT2D eigenvalue weighted by atomic mass is 10.1. The van der Waals surface area contributed by atoms with Crippen LogP contribution in [0.1, 0.15) is 26.2 Å². The van der Waals surface area contributed by atoms with Crippen molar-refractivity contribution in [1.82, 2.24) is 4.90 Å². The number of hydrazone groups is 1. The topological polar surface area (TPSA) is 44.7 Å². The van der Waals surface area contributed by atoms with Crippen molar-refractivity contribution >= 4 is 41.3 Å². The fourth-order valence-corrected chi connectivity index (χ4v) is 2.25. The van der Waals surface area contributed by atoms with Gasteiger partial charge in [0.2, 0.25) is 0 Å². The third kappa shape index (κ3) is 4.69. The smallest absolute Gasteiger partial charge is 0.196 e. The summed E-state index contributed by atoms with van der Waals surface area (Å²) in [5.74, 6) is 0.498. The number of carbonyl (C=O) groups is 1. The highest BCUT2D eigenvalue weighted by molar-refractivity contribution is 6.37. The molecule has 1 fully saturated rings. The Balaban J connectivity index is 0.00000200. The lowest BCUT2D eigenvalue weighted by Crippen LogP contribution is -2.39. The van der Waals surface area contributed by atoms with E-state index in [2.05, 4.69) is 15.4 Å². The van der Waals surface area contributed by atoms with Gasteiger partial charge in [0, 0.05) is 25.0 Å². The van der Waals surface area contributed by atoms with Crippen molar-refractivity contribution in [1.29, 1.82) is 0 Å². The van der Waals surface area contributed by atoms with Crippen LogP contribution in [0, 0.1) is 0 Å². The van der Waals surface area contributed by atoms with Gasteiger partial charge in [0.1, 0.15) is 0 Å². The number of halogens is 2. The monoisotopic (exact) mass is 315 g/mol. The molecular weight excluding hydrogens is 297 g/mol. The zero-order valence-electron chi connectivity index (χ0n) is 11.4. The molecule has 4 nitrogen and oxygen atoms in total. The highest BCUT2D eigenvalue weighted by Gasteiger charge is 2.18. The van der Waals surface area contributed by atoms with Crippen LogP contribution in [-0.2, 0) is 4.79 Å². The number of ketones is 1. The molecule has 1 aromatic carbocycles. The number of rotatable bonds is 3. The van der Waals surface area contributed by atoms with Crippen LogP contribution in [0.15, 0.2) is 29.4 Å². The summed E-state index contributed by atoms with van der Waals surface area (Å²) >= 11 is 5.82. The van der Waals surface area contributed by atoms with Crippen molar-refractivity contribution in [2.75, 3.05) is 18.5 Å².